The first-order valence-electron chi connectivity index (χ1n) is 12.9. The summed E-state index contributed by atoms with van der Waals surface area (Å²) >= 11 is 0. The smallest absolute Gasteiger partial charge is 0.0601 e. The van der Waals surface area contributed by atoms with Gasteiger partial charge in [0.25, 0.3) is 0 Å². The monoisotopic (exact) mass is 455 g/mol. The maximum Gasteiger partial charge on any atom is 0.0601 e. The number of benzene rings is 3. The summed E-state index contributed by atoms with van der Waals surface area (Å²) in [5, 5.41) is 3.84. The quantitative estimate of drug-likeness (QED) is 0.372. The number of unbranched alkanes of at least 4 members (excludes halogenated alkanes) is 1. The highest BCUT2D eigenvalue weighted by atomic mass is 15.2. The Morgan fingerprint density at radius 2 is 1.29 bits per heavy atom. The van der Waals surface area contributed by atoms with Gasteiger partial charge in [-0.2, -0.15) is 0 Å². The summed E-state index contributed by atoms with van der Waals surface area (Å²) in [6, 6.07) is 33.6. The molecule has 180 valence electrons. The SMILES string of the molecule is CN(C)CCCCNCC1(c2ccccc2)CCN(C(c2ccccc2)c2ccccc2)CC1. The van der Waals surface area contributed by atoms with E-state index < -0.39 is 0 Å². The van der Waals surface area contributed by atoms with Crippen molar-refractivity contribution in [3.63, 3.8) is 0 Å². The molecule has 4 rings (SSSR count). The molecule has 1 aliphatic heterocycles. The van der Waals surface area contributed by atoms with Gasteiger partial charge in [-0.15, -0.1) is 0 Å². The third kappa shape index (κ3) is 6.35. The normalized spacial score (nSPS) is 16.2. The number of nitrogens with one attached hydrogen (secondary N) is 1. The van der Waals surface area contributed by atoms with Crippen molar-refractivity contribution < 1.29 is 0 Å². The van der Waals surface area contributed by atoms with Crippen LogP contribution in [-0.4, -0.2) is 56.6 Å². The molecule has 0 bridgehead atoms. The van der Waals surface area contributed by atoms with Gasteiger partial charge in [-0.05, 0) is 82.6 Å². The fourth-order valence-electron chi connectivity index (χ4n) is 5.46. The molecule has 0 aromatic heterocycles. The van der Waals surface area contributed by atoms with E-state index in [-0.39, 0.29) is 5.41 Å². The van der Waals surface area contributed by atoms with Crippen LogP contribution in [0, 0.1) is 0 Å². The summed E-state index contributed by atoms with van der Waals surface area (Å²) in [4.78, 5) is 4.97. The van der Waals surface area contributed by atoms with E-state index in [1.165, 1.54) is 48.9 Å². The summed E-state index contributed by atoms with van der Waals surface area (Å²) < 4.78 is 0. The van der Waals surface area contributed by atoms with Gasteiger partial charge in [-0.1, -0.05) is 91.0 Å². The largest absolute Gasteiger partial charge is 0.316 e. The van der Waals surface area contributed by atoms with E-state index in [1.54, 1.807) is 0 Å². The Morgan fingerprint density at radius 1 is 0.765 bits per heavy atom. The van der Waals surface area contributed by atoms with Crippen LogP contribution < -0.4 is 5.32 Å². The molecule has 1 fully saturated rings. The second-order valence-electron chi connectivity index (χ2n) is 10.1. The van der Waals surface area contributed by atoms with E-state index in [9.17, 15) is 0 Å². The van der Waals surface area contributed by atoms with Crippen LogP contribution in [0.2, 0.25) is 0 Å². The van der Waals surface area contributed by atoms with Gasteiger partial charge in [-0.25, -0.2) is 0 Å². The summed E-state index contributed by atoms with van der Waals surface area (Å²) in [5.74, 6) is 0. The van der Waals surface area contributed by atoms with Crippen LogP contribution in [-0.2, 0) is 5.41 Å². The van der Waals surface area contributed by atoms with Crippen LogP contribution in [0.1, 0.15) is 48.4 Å². The van der Waals surface area contributed by atoms with E-state index in [0.717, 1.165) is 26.2 Å². The van der Waals surface area contributed by atoms with Crippen molar-refractivity contribution in [3.8, 4) is 0 Å². The molecule has 1 heterocycles. The molecule has 34 heavy (non-hydrogen) atoms. The molecule has 0 spiro atoms. The first-order chi connectivity index (χ1) is 16.7. The third-order valence-corrected chi connectivity index (χ3v) is 7.41. The van der Waals surface area contributed by atoms with Gasteiger partial charge in [0.05, 0.1) is 6.04 Å². The summed E-state index contributed by atoms with van der Waals surface area (Å²) in [6.45, 7) is 5.54. The lowest BCUT2D eigenvalue weighted by Crippen LogP contribution is -2.49. The second-order valence-corrected chi connectivity index (χ2v) is 10.1. The lowest BCUT2D eigenvalue weighted by Gasteiger charge is -2.45. The molecule has 1 saturated heterocycles. The highest BCUT2D eigenvalue weighted by molar-refractivity contribution is 5.33. The van der Waals surface area contributed by atoms with Crippen LogP contribution in [0.4, 0.5) is 0 Å². The van der Waals surface area contributed by atoms with Gasteiger partial charge in [0.15, 0.2) is 0 Å². The number of piperidine rings is 1. The maximum absolute atomic E-state index is 3.84. The fraction of sp³-hybridized carbons (Fsp3) is 0.419. The number of hydrogen-bond acceptors (Lipinski definition) is 3. The molecule has 3 heteroatoms. The molecule has 3 aromatic carbocycles. The van der Waals surface area contributed by atoms with Gasteiger partial charge in [0.1, 0.15) is 0 Å². The molecule has 1 N–H and O–H groups in total. The molecule has 0 unspecified atom stereocenters. The third-order valence-electron chi connectivity index (χ3n) is 7.41. The number of likely N-dealkylation sites (tertiary alicyclic amines) is 1. The van der Waals surface area contributed by atoms with Gasteiger partial charge in [0.2, 0.25) is 0 Å². The van der Waals surface area contributed by atoms with Gasteiger partial charge in [0, 0.05) is 12.0 Å². The number of nitrogens with zero attached hydrogens (tertiary/aromatic N) is 2. The maximum atomic E-state index is 3.84. The number of hydrogen-bond donors (Lipinski definition) is 1. The van der Waals surface area contributed by atoms with Crippen LogP contribution in [0.15, 0.2) is 91.0 Å². The summed E-state index contributed by atoms with van der Waals surface area (Å²) in [6.07, 6.45) is 4.84. The zero-order chi connectivity index (χ0) is 23.6. The van der Waals surface area contributed by atoms with Crippen molar-refractivity contribution in [2.24, 2.45) is 0 Å². The van der Waals surface area contributed by atoms with E-state index in [2.05, 4.69) is 120 Å². The average Bonchev–Trinajstić information content (AvgIpc) is 2.89. The van der Waals surface area contributed by atoms with Crippen LogP contribution >= 0.6 is 0 Å². The van der Waals surface area contributed by atoms with Gasteiger partial charge >= 0.3 is 0 Å². The Hall–Kier alpha value is -2.46. The predicted molar refractivity (Wildman–Crippen MR) is 144 cm³/mol. The number of rotatable bonds is 11. The minimum absolute atomic E-state index is 0.206. The highest BCUT2D eigenvalue weighted by Gasteiger charge is 2.38. The van der Waals surface area contributed by atoms with E-state index in [4.69, 9.17) is 0 Å². The molecule has 0 atom stereocenters. The minimum atomic E-state index is 0.206. The lowest BCUT2D eigenvalue weighted by atomic mass is 9.72. The van der Waals surface area contributed by atoms with E-state index in [1.807, 2.05) is 0 Å². The second kappa shape index (κ2) is 12.3. The summed E-state index contributed by atoms with van der Waals surface area (Å²) in [7, 11) is 4.31. The standard InChI is InChI=1S/C31H41N3/c1-33(2)23-13-12-22-32-26-31(29-18-10-5-11-19-29)20-24-34(25-21-31)30(27-14-6-3-7-15-27)28-16-8-4-9-17-28/h3-11,14-19,30,32H,12-13,20-26H2,1-2H3. The van der Waals surface area contributed by atoms with Crippen LogP contribution in [0.25, 0.3) is 0 Å². The Labute approximate surface area is 206 Å². The predicted octanol–water partition coefficient (Wildman–Crippen LogP) is 5.74. The van der Waals surface area contributed by atoms with Crippen molar-refractivity contribution in [1.29, 1.82) is 0 Å². The molecule has 0 aliphatic carbocycles. The summed E-state index contributed by atoms with van der Waals surface area (Å²) in [5.41, 5.74) is 4.48. The van der Waals surface area contributed by atoms with E-state index in [0.29, 0.717) is 6.04 Å². The Kier molecular flexibility index (Phi) is 8.92. The van der Waals surface area contributed by atoms with Gasteiger partial charge < -0.3 is 10.2 Å². The average molecular weight is 456 g/mol. The van der Waals surface area contributed by atoms with E-state index >= 15 is 0 Å². The molecular weight excluding hydrogens is 414 g/mol. The molecule has 0 amide bonds. The van der Waals surface area contributed by atoms with Crippen molar-refractivity contribution in [2.45, 2.75) is 37.1 Å². The Bertz CT molecular complexity index is 908. The topological polar surface area (TPSA) is 18.5 Å². The molecule has 1 aliphatic rings. The van der Waals surface area contributed by atoms with Crippen molar-refractivity contribution in [3.05, 3.63) is 108 Å². The zero-order valence-corrected chi connectivity index (χ0v) is 21.0. The van der Waals surface area contributed by atoms with Crippen molar-refractivity contribution >= 4 is 0 Å². The van der Waals surface area contributed by atoms with Crippen LogP contribution in [0.5, 0.6) is 0 Å². The first-order valence-corrected chi connectivity index (χ1v) is 12.9. The lowest BCUT2D eigenvalue weighted by molar-refractivity contribution is 0.128. The van der Waals surface area contributed by atoms with Crippen LogP contribution in [0.3, 0.4) is 0 Å². The Morgan fingerprint density at radius 3 is 1.82 bits per heavy atom. The van der Waals surface area contributed by atoms with Gasteiger partial charge in [-0.3, -0.25) is 4.90 Å². The molecule has 0 radical (unpaired) electrons. The zero-order valence-electron chi connectivity index (χ0n) is 21.0. The highest BCUT2D eigenvalue weighted by Crippen LogP contribution is 2.39. The van der Waals surface area contributed by atoms with Crippen molar-refractivity contribution in [1.82, 2.24) is 15.1 Å². The fourth-order valence-corrected chi connectivity index (χ4v) is 5.46. The minimum Gasteiger partial charge on any atom is -0.316 e. The van der Waals surface area contributed by atoms with Crippen molar-refractivity contribution in [2.75, 3.05) is 46.8 Å². The molecule has 0 saturated carbocycles. The molecule has 3 nitrogen and oxygen atoms in total. The molecule has 3 aromatic rings. The molecular formula is C31H41N3. The first kappa shape index (κ1) is 24.7. The Balaban J connectivity index is 1.47.